The summed E-state index contributed by atoms with van der Waals surface area (Å²) in [7, 11) is -2.13. The molecule has 2 rings (SSSR count). The van der Waals surface area contributed by atoms with Crippen molar-refractivity contribution in [3.8, 4) is 0 Å². The maximum Gasteiger partial charge on any atom is 0.263 e. The Morgan fingerprint density at radius 3 is 2.65 bits per heavy atom. The van der Waals surface area contributed by atoms with E-state index < -0.39 is 10.0 Å². The van der Waals surface area contributed by atoms with E-state index in [0.29, 0.717) is 10.9 Å². The number of nitrogens with zero attached hydrogens (tertiary/aromatic N) is 4. The molecule has 0 spiro atoms. The molecule has 110 valence electrons. The molecule has 2 aromatic heterocycles. The molecule has 0 radical (unpaired) electrons. The third kappa shape index (κ3) is 3.06. The van der Waals surface area contributed by atoms with E-state index >= 15 is 0 Å². The number of sulfonamides is 1. The van der Waals surface area contributed by atoms with Gasteiger partial charge in [-0.3, -0.25) is 0 Å². The average Bonchev–Trinajstić information content (AvgIpc) is 2.92. The zero-order valence-electron chi connectivity index (χ0n) is 10.7. The molecule has 0 bridgehead atoms. The Morgan fingerprint density at radius 1 is 1.50 bits per heavy atom. The number of hydrogen-bond donors (Lipinski definition) is 0. The molecule has 2 heterocycles. The first-order valence-electron chi connectivity index (χ1n) is 5.65. The normalized spacial score (nSPS) is 12.2. The number of hydrogen-bond acceptors (Lipinski definition) is 5. The Balaban J connectivity index is 2.35. The van der Waals surface area contributed by atoms with Crippen LogP contribution < -0.4 is 0 Å². The van der Waals surface area contributed by atoms with Gasteiger partial charge in [0.25, 0.3) is 10.0 Å². The van der Waals surface area contributed by atoms with Crippen LogP contribution in [-0.4, -0.2) is 34.3 Å². The van der Waals surface area contributed by atoms with Gasteiger partial charge >= 0.3 is 0 Å². The maximum atomic E-state index is 12.6. The van der Waals surface area contributed by atoms with Gasteiger partial charge in [0.15, 0.2) is 4.60 Å². The summed E-state index contributed by atoms with van der Waals surface area (Å²) in [6.45, 7) is 2.40. The van der Waals surface area contributed by atoms with E-state index in [1.165, 1.54) is 20.3 Å². The first-order chi connectivity index (χ1) is 9.36. The topological polar surface area (TPSA) is 68.1 Å². The number of aryl methyl sites for hydroxylation is 1. The minimum atomic E-state index is -3.67. The van der Waals surface area contributed by atoms with Crippen molar-refractivity contribution in [3.63, 3.8) is 0 Å². The van der Waals surface area contributed by atoms with Crippen molar-refractivity contribution in [2.75, 3.05) is 6.54 Å². The van der Waals surface area contributed by atoms with Crippen LogP contribution in [0, 0.1) is 0 Å². The van der Waals surface area contributed by atoms with Gasteiger partial charge in [0, 0.05) is 25.0 Å². The van der Waals surface area contributed by atoms with Crippen LogP contribution in [0.25, 0.3) is 0 Å². The third-order valence-corrected chi connectivity index (χ3v) is 6.66. The van der Waals surface area contributed by atoms with Gasteiger partial charge in [-0.2, -0.15) is 4.31 Å². The highest BCUT2D eigenvalue weighted by molar-refractivity contribution is 9.10. The summed E-state index contributed by atoms with van der Waals surface area (Å²) in [5, 5.41) is 7.46. The Bertz CT molecular complexity index is 693. The molecule has 10 heteroatoms. The second-order valence-corrected chi connectivity index (χ2v) is 8.35. The molecule has 2 aromatic rings. The SMILES string of the molecule is CCN(Cc1ccc(Cl)s1)S(=O)(=O)c1c(Br)nnn1C. The summed E-state index contributed by atoms with van der Waals surface area (Å²) < 4.78 is 28.7. The van der Waals surface area contributed by atoms with Crippen LogP contribution in [0.3, 0.4) is 0 Å². The Hall–Kier alpha value is -0.480. The summed E-state index contributed by atoms with van der Waals surface area (Å²) in [5.74, 6) is 0. The van der Waals surface area contributed by atoms with E-state index in [1.807, 2.05) is 6.07 Å². The van der Waals surface area contributed by atoms with Crippen molar-refractivity contribution >= 4 is 48.9 Å². The Morgan fingerprint density at radius 2 is 2.20 bits per heavy atom. The molecule has 0 aliphatic heterocycles. The molecule has 0 saturated carbocycles. The van der Waals surface area contributed by atoms with Crippen molar-refractivity contribution in [3.05, 3.63) is 25.9 Å². The molecule has 6 nitrogen and oxygen atoms in total. The Labute approximate surface area is 134 Å². The predicted octanol–water partition coefficient (Wildman–Crippen LogP) is 2.50. The van der Waals surface area contributed by atoms with Gasteiger partial charge < -0.3 is 0 Å². The Kier molecular flexibility index (Phi) is 4.85. The smallest absolute Gasteiger partial charge is 0.235 e. The highest BCUT2D eigenvalue weighted by Crippen LogP contribution is 2.27. The van der Waals surface area contributed by atoms with Crippen LogP contribution in [0.4, 0.5) is 0 Å². The third-order valence-electron chi connectivity index (χ3n) is 2.64. The number of aromatic nitrogens is 3. The van der Waals surface area contributed by atoms with Crippen LogP contribution in [0.5, 0.6) is 0 Å². The second-order valence-electron chi connectivity index (χ2n) is 3.95. The lowest BCUT2D eigenvalue weighted by Crippen LogP contribution is -2.31. The summed E-state index contributed by atoms with van der Waals surface area (Å²) in [5.41, 5.74) is 0. The summed E-state index contributed by atoms with van der Waals surface area (Å²) >= 11 is 10.4. The monoisotopic (exact) mass is 398 g/mol. The zero-order chi connectivity index (χ0) is 14.9. The average molecular weight is 400 g/mol. The minimum Gasteiger partial charge on any atom is -0.235 e. The molecular formula is C10H12BrClN4O2S2. The number of rotatable bonds is 5. The van der Waals surface area contributed by atoms with Crippen molar-refractivity contribution in [2.24, 2.45) is 7.05 Å². The fourth-order valence-electron chi connectivity index (χ4n) is 1.70. The zero-order valence-corrected chi connectivity index (χ0v) is 14.7. The fourth-order valence-corrected chi connectivity index (χ4v) is 5.34. The van der Waals surface area contributed by atoms with Gasteiger partial charge in [-0.15, -0.1) is 16.4 Å². The van der Waals surface area contributed by atoms with Gasteiger partial charge in [0.05, 0.1) is 4.34 Å². The molecule has 0 fully saturated rings. The molecule has 0 unspecified atom stereocenters. The van der Waals surface area contributed by atoms with Crippen LogP contribution in [-0.2, 0) is 23.6 Å². The van der Waals surface area contributed by atoms with Crippen LogP contribution >= 0.6 is 38.9 Å². The lowest BCUT2D eigenvalue weighted by Gasteiger charge is -2.19. The standard InChI is InChI=1S/C10H12BrClN4O2S2/c1-3-16(6-7-4-5-8(12)19-7)20(17,18)10-9(11)13-14-15(10)2/h4-5H,3,6H2,1-2H3. The maximum absolute atomic E-state index is 12.6. The largest absolute Gasteiger partial charge is 0.263 e. The molecule has 0 aliphatic rings. The van der Waals surface area contributed by atoms with E-state index in [1.54, 1.807) is 20.0 Å². The van der Waals surface area contributed by atoms with E-state index in [4.69, 9.17) is 11.6 Å². The first-order valence-corrected chi connectivity index (χ1v) is 9.08. The van der Waals surface area contributed by atoms with E-state index in [2.05, 4.69) is 26.2 Å². The van der Waals surface area contributed by atoms with Gasteiger partial charge in [0.1, 0.15) is 0 Å². The summed E-state index contributed by atoms with van der Waals surface area (Å²) in [4.78, 5) is 0.881. The molecule has 0 aliphatic carbocycles. The quantitative estimate of drug-likeness (QED) is 0.774. The predicted molar refractivity (Wildman–Crippen MR) is 81.3 cm³/mol. The summed E-state index contributed by atoms with van der Waals surface area (Å²) in [6, 6.07) is 3.57. The second kappa shape index (κ2) is 6.10. The molecule has 0 N–H and O–H groups in total. The van der Waals surface area contributed by atoms with Crippen LogP contribution in [0.2, 0.25) is 4.34 Å². The number of thiophene rings is 1. The van der Waals surface area contributed by atoms with Crippen molar-refractivity contribution < 1.29 is 8.42 Å². The van der Waals surface area contributed by atoms with Crippen molar-refractivity contribution in [2.45, 2.75) is 18.5 Å². The molecular weight excluding hydrogens is 388 g/mol. The molecule has 20 heavy (non-hydrogen) atoms. The van der Waals surface area contributed by atoms with Crippen LogP contribution in [0.15, 0.2) is 21.8 Å². The van der Waals surface area contributed by atoms with Gasteiger partial charge in [-0.1, -0.05) is 23.7 Å². The van der Waals surface area contributed by atoms with Gasteiger partial charge in [-0.25, -0.2) is 13.1 Å². The molecule has 0 amide bonds. The highest BCUT2D eigenvalue weighted by atomic mass is 79.9. The number of halogens is 2. The molecule has 0 atom stereocenters. The van der Waals surface area contributed by atoms with Gasteiger partial charge in [-0.05, 0) is 28.1 Å². The lowest BCUT2D eigenvalue weighted by molar-refractivity contribution is 0.419. The first kappa shape index (κ1) is 15.9. The molecule has 0 aromatic carbocycles. The molecule has 0 saturated heterocycles. The van der Waals surface area contributed by atoms with Gasteiger partial charge in [0.2, 0.25) is 5.03 Å². The fraction of sp³-hybridized carbons (Fsp3) is 0.400. The van der Waals surface area contributed by atoms with Crippen LogP contribution in [0.1, 0.15) is 11.8 Å². The van der Waals surface area contributed by atoms with E-state index in [0.717, 1.165) is 4.88 Å². The summed E-state index contributed by atoms with van der Waals surface area (Å²) in [6.07, 6.45) is 0. The van der Waals surface area contributed by atoms with Crippen molar-refractivity contribution in [1.82, 2.24) is 19.3 Å². The lowest BCUT2D eigenvalue weighted by atomic mass is 10.4. The van der Waals surface area contributed by atoms with E-state index in [-0.39, 0.29) is 16.2 Å². The highest BCUT2D eigenvalue weighted by Gasteiger charge is 2.30. The van der Waals surface area contributed by atoms with E-state index in [9.17, 15) is 8.42 Å². The van der Waals surface area contributed by atoms with Crippen molar-refractivity contribution in [1.29, 1.82) is 0 Å². The minimum absolute atomic E-state index is 0.0435.